The van der Waals surface area contributed by atoms with Crippen LogP contribution in [-0.4, -0.2) is 0 Å². The Morgan fingerprint density at radius 2 is 1.63 bits per heavy atom. The van der Waals surface area contributed by atoms with Crippen molar-refractivity contribution < 1.29 is 0 Å². The molecule has 1 aromatic carbocycles. The predicted octanol–water partition coefficient (Wildman–Crippen LogP) is 6.32. The fourth-order valence-corrected chi connectivity index (χ4v) is 2.49. The smallest absolute Gasteiger partial charge is 0.0228 e. The summed E-state index contributed by atoms with van der Waals surface area (Å²) in [5, 5.41) is 0. The molecule has 0 fully saturated rings. The second kappa shape index (κ2) is 9.83. The zero-order valence-electron chi connectivity index (χ0n) is 13.0. The molecule has 0 bridgehead atoms. The Bertz CT molecular complexity index is 374. The average Bonchev–Trinajstić information content (AvgIpc) is 2.41. The van der Waals surface area contributed by atoms with Gasteiger partial charge in [0.25, 0.3) is 0 Å². The molecule has 0 nitrogen and oxygen atoms in total. The number of aryl methyl sites for hydroxylation is 2. The van der Waals surface area contributed by atoms with Gasteiger partial charge in [0.2, 0.25) is 0 Å². The van der Waals surface area contributed by atoms with Gasteiger partial charge in [-0.1, -0.05) is 75.8 Å². The van der Waals surface area contributed by atoms with Crippen molar-refractivity contribution in [3.8, 4) is 0 Å². The highest BCUT2D eigenvalue weighted by atomic mass is 14.0. The summed E-state index contributed by atoms with van der Waals surface area (Å²) in [7, 11) is 0. The number of hydrogen-bond acceptors (Lipinski definition) is 0. The van der Waals surface area contributed by atoms with Gasteiger partial charge in [0.1, 0.15) is 0 Å². The van der Waals surface area contributed by atoms with E-state index in [-0.39, 0.29) is 0 Å². The molecule has 0 saturated heterocycles. The molecule has 0 heteroatoms. The molecule has 0 spiro atoms. The maximum absolute atomic E-state index is 2.35. The third-order valence-electron chi connectivity index (χ3n) is 3.76. The van der Waals surface area contributed by atoms with Gasteiger partial charge in [-0.05, 0) is 43.4 Å². The molecule has 0 radical (unpaired) electrons. The molecular weight excluding hydrogens is 228 g/mol. The Morgan fingerprint density at radius 3 is 2.32 bits per heavy atom. The maximum Gasteiger partial charge on any atom is -0.0228 e. The molecule has 0 amide bonds. The zero-order valence-corrected chi connectivity index (χ0v) is 13.0. The van der Waals surface area contributed by atoms with E-state index in [1.165, 1.54) is 68.1 Å². The Labute approximate surface area is 119 Å². The summed E-state index contributed by atoms with van der Waals surface area (Å²) in [6.45, 7) is 6.55. The molecule has 106 valence electrons. The monoisotopic (exact) mass is 258 g/mol. The van der Waals surface area contributed by atoms with Gasteiger partial charge < -0.3 is 0 Å². The molecular formula is C19H30. The second-order valence-corrected chi connectivity index (χ2v) is 5.56. The van der Waals surface area contributed by atoms with E-state index in [9.17, 15) is 0 Å². The molecule has 0 heterocycles. The van der Waals surface area contributed by atoms with E-state index < -0.39 is 0 Å². The minimum absolute atomic E-state index is 1.23. The van der Waals surface area contributed by atoms with E-state index in [2.05, 4.69) is 51.1 Å². The minimum atomic E-state index is 1.23. The van der Waals surface area contributed by atoms with Crippen LogP contribution in [0.4, 0.5) is 0 Å². The van der Waals surface area contributed by atoms with Crippen molar-refractivity contribution in [3.63, 3.8) is 0 Å². The van der Waals surface area contributed by atoms with Crippen molar-refractivity contribution in [2.75, 3.05) is 0 Å². The van der Waals surface area contributed by atoms with Crippen LogP contribution in [0.1, 0.15) is 75.5 Å². The Morgan fingerprint density at radius 1 is 0.947 bits per heavy atom. The molecule has 0 aliphatic carbocycles. The zero-order chi connectivity index (χ0) is 13.9. The van der Waals surface area contributed by atoms with Crippen molar-refractivity contribution >= 4 is 6.08 Å². The van der Waals surface area contributed by atoms with Crippen LogP contribution < -0.4 is 0 Å². The van der Waals surface area contributed by atoms with E-state index >= 15 is 0 Å². The Kier molecular flexibility index (Phi) is 8.29. The summed E-state index contributed by atoms with van der Waals surface area (Å²) in [5.74, 6) is 0. The summed E-state index contributed by atoms with van der Waals surface area (Å²) in [6.07, 6.45) is 15.3. The molecule has 0 N–H and O–H groups in total. The molecule has 0 aromatic heterocycles. The van der Waals surface area contributed by atoms with Gasteiger partial charge in [0.05, 0.1) is 0 Å². The fourth-order valence-electron chi connectivity index (χ4n) is 2.49. The first-order chi connectivity index (χ1) is 9.27. The molecule has 0 aliphatic heterocycles. The average molecular weight is 258 g/mol. The number of benzene rings is 1. The van der Waals surface area contributed by atoms with E-state index in [1.54, 1.807) is 0 Å². The van der Waals surface area contributed by atoms with Crippen molar-refractivity contribution in [2.24, 2.45) is 0 Å². The maximum atomic E-state index is 2.35. The quantitative estimate of drug-likeness (QED) is 0.454. The topological polar surface area (TPSA) is 0 Å². The lowest BCUT2D eigenvalue weighted by Crippen LogP contribution is -1.89. The molecule has 0 atom stereocenters. The van der Waals surface area contributed by atoms with Crippen LogP contribution in [0.15, 0.2) is 24.3 Å². The number of hydrogen-bond donors (Lipinski definition) is 0. The Hall–Kier alpha value is -1.04. The molecule has 0 saturated carbocycles. The van der Waals surface area contributed by atoms with E-state index in [0.29, 0.717) is 0 Å². The van der Waals surface area contributed by atoms with Crippen LogP contribution in [0, 0.1) is 6.92 Å². The van der Waals surface area contributed by atoms with Gasteiger partial charge in [-0.15, -0.1) is 0 Å². The van der Waals surface area contributed by atoms with Crippen LogP contribution in [-0.2, 0) is 6.42 Å². The molecule has 1 rings (SSSR count). The predicted molar refractivity (Wildman–Crippen MR) is 87.6 cm³/mol. The SMILES string of the molecule is CC=Cc1cc(CCCCCCCCC)ccc1C. The summed E-state index contributed by atoms with van der Waals surface area (Å²) in [4.78, 5) is 0. The third-order valence-corrected chi connectivity index (χ3v) is 3.76. The lowest BCUT2D eigenvalue weighted by atomic mass is 10.00. The van der Waals surface area contributed by atoms with Gasteiger partial charge in [0.15, 0.2) is 0 Å². The lowest BCUT2D eigenvalue weighted by Gasteiger charge is -2.06. The first kappa shape index (κ1) is 16.0. The molecule has 0 aliphatic rings. The highest BCUT2D eigenvalue weighted by Gasteiger charge is 1.98. The van der Waals surface area contributed by atoms with Gasteiger partial charge in [-0.25, -0.2) is 0 Å². The highest BCUT2D eigenvalue weighted by molar-refractivity contribution is 5.54. The third kappa shape index (κ3) is 6.61. The van der Waals surface area contributed by atoms with Crippen LogP contribution in [0.2, 0.25) is 0 Å². The van der Waals surface area contributed by atoms with Gasteiger partial charge in [0, 0.05) is 0 Å². The summed E-state index contributed by atoms with van der Waals surface area (Å²) < 4.78 is 0. The van der Waals surface area contributed by atoms with Crippen molar-refractivity contribution in [3.05, 3.63) is 41.0 Å². The van der Waals surface area contributed by atoms with E-state index in [1.807, 2.05) is 0 Å². The second-order valence-electron chi connectivity index (χ2n) is 5.56. The van der Waals surface area contributed by atoms with E-state index in [4.69, 9.17) is 0 Å². The largest absolute Gasteiger partial charge is 0.0871 e. The summed E-state index contributed by atoms with van der Waals surface area (Å²) in [5.41, 5.74) is 4.25. The van der Waals surface area contributed by atoms with E-state index in [0.717, 1.165) is 0 Å². The van der Waals surface area contributed by atoms with Crippen LogP contribution in [0.5, 0.6) is 0 Å². The lowest BCUT2D eigenvalue weighted by molar-refractivity contribution is 0.589. The molecule has 19 heavy (non-hydrogen) atoms. The molecule has 1 aromatic rings. The van der Waals surface area contributed by atoms with Crippen molar-refractivity contribution in [2.45, 2.75) is 72.1 Å². The first-order valence-corrected chi connectivity index (χ1v) is 8.00. The van der Waals surface area contributed by atoms with Crippen LogP contribution in [0.25, 0.3) is 6.08 Å². The first-order valence-electron chi connectivity index (χ1n) is 8.00. The summed E-state index contributed by atoms with van der Waals surface area (Å²) in [6, 6.07) is 6.90. The van der Waals surface area contributed by atoms with Gasteiger partial charge in [-0.3, -0.25) is 0 Å². The van der Waals surface area contributed by atoms with Gasteiger partial charge >= 0.3 is 0 Å². The Balaban J connectivity index is 2.27. The summed E-state index contributed by atoms with van der Waals surface area (Å²) >= 11 is 0. The van der Waals surface area contributed by atoms with Crippen molar-refractivity contribution in [1.29, 1.82) is 0 Å². The van der Waals surface area contributed by atoms with Crippen molar-refractivity contribution in [1.82, 2.24) is 0 Å². The van der Waals surface area contributed by atoms with Crippen LogP contribution >= 0.6 is 0 Å². The number of unbranched alkanes of at least 4 members (excludes halogenated alkanes) is 6. The fraction of sp³-hybridized carbons (Fsp3) is 0.579. The van der Waals surface area contributed by atoms with Gasteiger partial charge in [-0.2, -0.15) is 0 Å². The van der Waals surface area contributed by atoms with Crippen LogP contribution in [0.3, 0.4) is 0 Å². The standard InChI is InChI=1S/C19H30/c1-4-6-7-8-9-10-11-13-18-15-14-17(3)19(16-18)12-5-2/h5,12,14-16H,4,6-11,13H2,1-3H3. The normalized spacial score (nSPS) is 11.3. The number of rotatable bonds is 9. The molecule has 0 unspecified atom stereocenters. The number of allylic oxidation sites excluding steroid dienone is 1. The highest BCUT2D eigenvalue weighted by Crippen LogP contribution is 2.16. The minimum Gasteiger partial charge on any atom is -0.0871 e.